The molecule has 19 heavy (non-hydrogen) atoms. The number of rotatable bonds is 2. The Kier molecular flexibility index (Phi) is 3.80. The molecule has 0 N–H and O–H groups in total. The molecule has 1 saturated heterocycles. The Morgan fingerprint density at radius 3 is 2.79 bits per heavy atom. The molecule has 1 aromatic carbocycles. The van der Waals surface area contributed by atoms with Crippen LogP contribution in [0.15, 0.2) is 29.1 Å². The second-order valence-corrected chi connectivity index (χ2v) is 6.19. The molecule has 1 aliphatic heterocycles. The van der Waals surface area contributed by atoms with Crippen LogP contribution in [-0.2, 0) is 5.88 Å². The van der Waals surface area contributed by atoms with Gasteiger partial charge in [-0.05, 0) is 36.5 Å². The Morgan fingerprint density at radius 2 is 2.05 bits per heavy atom. The van der Waals surface area contributed by atoms with Gasteiger partial charge in [0, 0.05) is 6.04 Å². The van der Waals surface area contributed by atoms with Crippen molar-refractivity contribution in [3.8, 4) is 0 Å². The number of hydrogen-bond acceptors (Lipinski definition) is 3. The quantitative estimate of drug-likeness (QED) is 0.798. The molecule has 3 rings (SSSR count). The van der Waals surface area contributed by atoms with Crippen LogP contribution in [0.5, 0.6) is 0 Å². The van der Waals surface area contributed by atoms with E-state index in [0.717, 1.165) is 29.9 Å². The molecule has 0 saturated carbocycles. The van der Waals surface area contributed by atoms with Crippen molar-refractivity contribution in [1.82, 2.24) is 9.55 Å². The highest BCUT2D eigenvalue weighted by molar-refractivity contribution is 7.99. The third-order valence-electron chi connectivity index (χ3n) is 3.56. The third-order valence-corrected chi connectivity index (χ3v) is 4.84. The molecule has 1 fully saturated rings. The summed E-state index contributed by atoms with van der Waals surface area (Å²) in [5.41, 5.74) is 0.794. The van der Waals surface area contributed by atoms with Gasteiger partial charge in [-0.2, -0.15) is 11.8 Å². The molecule has 1 aliphatic rings. The largest absolute Gasteiger partial charge is 0.292 e. The van der Waals surface area contributed by atoms with Crippen molar-refractivity contribution in [2.75, 3.05) is 11.5 Å². The second-order valence-electron chi connectivity index (χ2n) is 4.70. The summed E-state index contributed by atoms with van der Waals surface area (Å²) in [5.74, 6) is 3.18. The van der Waals surface area contributed by atoms with E-state index in [0.29, 0.717) is 11.2 Å². The van der Waals surface area contributed by atoms with E-state index in [4.69, 9.17) is 11.6 Å². The van der Waals surface area contributed by atoms with Gasteiger partial charge in [0.2, 0.25) is 0 Å². The Hall–Kier alpha value is -1.000. The zero-order valence-electron chi connectivity index (χ0n) is 10.5. The van der Waals surface area contributed by atoms with Gasteiger partial charge in [-0.3, -0.25) is 9.36 Å². The first-order chi connectivity index (χ1) is 9.31. The predicted molar refractivity (Wildman–Crippen MR) is 81.2 cm³/mol. The van der Waals surface area contributed by atoms with Crippen molar-refractivity contribution in [2.45, 2.75) is 24.8 Å². The number of halogens is 1. The van der Waals surface area contributed by atoms with Gasteiger partial charge in [-0.25, -0.2) is 4.98 Å². The molecule has 5 heteroatoms. The molecule has 1 aromatic heterocycles. The van der Waals surface area contributed by atoms with Gasteiger partial charge in [-0.15, -0.1) is 11.6 Å². The van der Waals surface area contributed by atoms with E-state index in [9.17, 15) is 4.79 Å². The van der Waals surface area contributed by atoms with E-state index in [-0.39, 0.29) is 17.5 Å². The first kappa shape index (κ1) is 13.0. The molecule has 100 valence electrons. The van der Waals surface area contributed by atoms with Gasteiger partial charge in [0.1, 0.15) is 5.82 Å². The minimum atomic E-state index is 0.0538. The van der Waals surface area contributed by atoms with E-state index >= 15 is 0 Å². The average Bonchev–Trinajstić information content (AvgIpc) is 2.48. The summed E-state index contributed by atoms with van der Waals surface area (Å²) < 4.78 is 1.83. The number of benzene rings is 1. The molecule has 0 atom stereocenters. The molecule has 2 aromatic rings. The monoisotopic (exact) mass is 294 g/mol. The van der Waals surface area contributed by atoms with Crippen molar-refractivity contribution in [3.05, 3.63) is 40.4 Å². The molecule has 2 heterocycles. The van der Waals surface area contributed by atoms with Gasteiger partial charge in [0.15, 0.2) is 0 Å². The van der Waals surface area contributed by atoms with Crippen LogP contribution < -0.4 is 5.56 Å². The number of aromatic nitrogens is 2. The van der Waals surface area contributed by atoms with Gasteiger partial charge in [0.05, 0.1) is 16.8 Å². The summed E-state index contributed by atoms with van der Waals surface area (Å²) in [4.78, 5) is 17.2. The molecule has 0 radical (unpaired) electrons. The van der Waals surface area contributed by atoms with Crippen molar-refractivity contribution in [3.63, 3.8) is 0 Å². The molecule has 0 aliphatic carbocycles. The van der Waals surface area contributed by atoms with Gasteiger partial charge in [0.25, 0.3) is 5.56 Å². The maximum absolute atomic E-state index is 12.7. The summed E-state index contributed by atoms with van der Waals surface area (Å²) in [6, 6.07) is 7.74. The fraction of sp³-hybridized carbons (Fsp3) is 0.429. The van der Waals surface area contributed by atoms with Crippen LogP contribution in [0.1, 0.15) is 24.7 Å². The number of fused-ring (bicyclic) bond motifs is 1. The van der Waals surface area contributed by atoms with Crippen LogP contribution in [0.4, 0.5) is 0 Å². The van der Waals surface area contributed by atoms with E-state index in [2.05, 4.69) is 4.98 Å². The molecular weight excluding hydrogens is 280 g/mol. The van der Waals surface area contributed by atoms with Gasteiger partial charge >= 0.3 is 0 Å². The number of hydrogen-bond donors (Lipinski definition) is 0. The molecule has 0 bridgehead atoms. The normalized spacial score (nSPS) is 16.9. The maximum Gasteiger partial charge on any atom is 0.261 e. The first-order valence-corrected chi connectivity index (χ1v) is 8.14. The van der Waals surface area contributed by atoms with Crippen LogP contribution in [0.2, 0.25) is 0 Å². The lowest BCUT2D eigenvalue weighted by Gasteiger charge is -2.25. The Labute approximate surface area is 121 Å². The van der Waals surface area contributed by atoms with E-state index < -0.39 is 0 Å². The van der Waals surface area contributed by atoms with Gasteiger partial charge in [-0.1, -0.05) is 12.1 Å². The predicted octanol–water partition coefficient (Wildman–Crippen LogP) is 3.20. The van der Waals surface area contributed by atoms with Crippen LogP contribution >= 0.6 is 23.4 Å². The van der Waals surface area contributed by atoms with Gasteiger partial charge < -0.3 is 0 Å². The lowest BCUT2D eigenvalue weighted by molar-refractivity contribution is 0.441. The average molecular weight is 295 g/mol. The highest BCUT2D eigenvalue weighted by Gasteiger charge is 2.21. The Morgan fingerprint density at radius 1 is 1.32 bits per heavy atom. The highest BCUT2D eigenvalue weighted by Crippen LogP contribution is 2.27. The summed E-state index contributed by atoms with van der Waals surface area (Å²) in [5, 5.41) is 0.689. The lowest BCUT2D eigenvalue weighted by atomic mass is 10.1. The standard InChI is InChI=1S/C14H15ClN2OS/c15-9-13-16-12-4-2-1-3-11(12)14(18)17(13)10-5-7-19-8-6-10/h1-4,10H,5-9H2. The highest BCUT2D eigenvalue weighted by atomic mass is 35.5. The smallest absolute Gasteiger partial charge is 0.261 e. The fourth-order valence-electron chi connectivity index (χ4n) is 2.61. The zero-order chi connectivity index (χ0) is 13.2. The van der Waals surface area contributed by atoms with Crippen molar-refractivity contribution >= 4 is 34.3 Å². The number of para-hydroxylation sites is 1. The second kappa shape index (κ2) is 5.55. The van der Waals surface area contributed by atoms with Crippen molar-refractivity contribution in [2.24, 2.45) is 0 Å². The SMILES string of the molecule is O=c1c2ccccc2nc(CCl)n1C1CCSCC1. The Balaban J connectivity index is 2.21. The van der Waals surface area contributed by atoms with E-state index in [1.54, 1.807) is 0 Å². The Bertz CT molecular complexity index is 649. The minimum absolute atomic E-state index is 0.0538. The summed E-state index contributed by atoms with van der Waals surface area (Å²) in [6.45, 7) is 0. The third kappa shape index (κ3) is 2.39. The van der Waals surface area contributed by atoms with E-state index in [1.165, 1.54) is 0 Å². The lowest BCUT2D eigenvalue weighted by Crippen LogP contribution is -2.31. The molecule has 0 unspecified atom stereocenters. The minimum Gasteiger partial charge on any atom is -0.292 e. The molecule has 0 spiro atoms. The zero-order valence-corrected chi connectivity index (χ0v) is 12.1. The van der Waals surface area contributed by atoms with Crippen molar-refractivity contribution < 1.29 is 0 Å². The molecule has 0 amide bonds. The van der Waals surface area contributed by atoms with Crippen LogP contribution in [0.3, 0.4) is 0 Å². The molecular formula is C14H15ClN2OS. The summed E-state index contributed by atoms with van der Waals surface area (Å²) in [7, 11) is 0. The first-order valence-electron chi connectivity index (χ1n) is 6.45. The number of thioether (sulfide) groups is 1. The summed E-state index contributed by atoms with van der Waals surface area (Å²) in [6.07, 6.45) is 2.04. The fourth-order valence-corrected chi connectivity index (χ4v) is 3.88. The van der Waals surface area contributed by atoms with E-state index in [1.807, 2.05) is 40.6 Å². The van der Waals surface area contributed by atoms with Crippen LogP contribution in [-0.4, -0.2) is 21.1 Å². The van der Waals surface area contributed by atoms with Crippen LogP contribution in [0.25, 0.3) is 10.9 Å². The van der Waals surface area contributed by atoms with Crippen molar-refractivity contribution in [1.29, 1.82) is 0 Å². The summed E-state index contributed by atoms with van der Waals surface area (Å²) >= 11 is 7.94. The number of alkyl halides is 1. The topological polar surface area (TPSA) is 34.9 Å². The number of nitrogens with zero attached hydrogens (tertiary/aromatic N) is 2. The maximum atomic E-state index is 12.7. The van der Waals surface area contributed by atoms with Crippen LogP contribution in [0, 0.1) is 0 Å². The molecule has 3 nitrogen and oxygen atoms in total.